The minimum absolute atomic E-state index is 0.0967. The molecule has 5 rings (SSSR count). The normalized spacial score (nSPS) is 31.0. The second kappa shape index (κ2) is 5.76. The number of fused-ring (bicyclic) bond motifs is 7. The van der Waals surface area contributed by atoms with E-state index >= 15 is 0 Å². The molecule has 0 radical (unpaired) electrons. The van der Waals surface area contributed by atoms with Gasteiger partial charge in [-0.1, -0.05) is 30.3 Å². The molecule has 2 aromatic carbocycles. The molecule has 4 nitrogen and oxygen atoms in total. The molecular formula is C22H23NO3. The van der Waals surface area contributed by atoms with E-state index < -0.39 is 5.97 Å². The zero-order chi connectivity index (χ0) is 17.8. The van der Waals surface area contributed by atoms with Crippen LogP contribution in [-0.2, 0) is 0 Å². The molecule has 0 unspecified atom stereocenters. The summed E-state index contributed by atoms with van der Waals surface area (Å²) in [5, 5.41) is 13.3. The molecule has 2 N–H and O–H groups in total. The van der Waals surface area contributed by atoms with Gasteiger partial charge in [-0.25, -0.2) is 4.79 Å². The van der Waals surface area contributed by atoms with Gasteiger partial charge in [0.25, 0.3) is 0 Å². The summed E-state index contributed by atoms with van der Waals surface area (Å²) in [6, 6.07) is 14.0. The molecule has 2 fully saturated rings. The first kappa shape index (κ1) is 15.7. The molecule has 0 aromatic heterocycles. The fraction of sp³-hybridized carbons (Fsp3) is 0.409. The van der Waals surface area contributed by atoms with Crippen molar-refractivity contribution in [3.63, 3.8) is 0 Å². The first-order valence-electron chi connectivity index (χ1n) is 9.44. The number of hydrogen-bond donors (Lipinski definition) is 2. The lowest BCUT2D eigenvalue weighted by atomic mass is 9.67. The van der Waals surface area contributed by atoms with Crippen LogP contribution in [0, 0.1) is 17.8 Å². The van der Waals surface area contributed by atoms with Crippen LogP contribution in [0.3, 0.4) is 0 Å². The van der Waals surface area contributed by atoms with Gasteiger partial charge in [0, 0.05) is 5.56 Å². The summed E-state index contributed by atoms with van der Waals surface area (Å²) in [5.41, 5.74) is 3.53. The average molecular weight is 349 g/mol. The van der Waals surface area contributed by atoms with E-state index in [1.807, 2.05) is 24.3 Å². The number of carboxylic acids is 1. The minimum Gasteiger partial charge on any atom is -0.496 e. The predicted octanol–water partition coefficient (Wildman–Crippen LogP) is 4.69. The Bertz CT molecular complexity index is 877. The van der Waals surface area contributed by atoms with Crippen molar-refractivity contribution in [2.24, 2.45) is 17.8 Å². The number of ether oxygens (including phenoxy) is 1. The first-order valence-corrected chi connectivity index (χ1v) is 9.44. The number of carboxylic acid groups (broad SMARTS) is 1. The van der Waals surface area contributed by atoms with Crippen molar-refractivity contribution in [1.82, 2.24) is 0 Å². The van der Waals surface area contributed by atoms with Gasteiger partial charge >= 0.3 is 5.97 Å². The van der Waals surface area contributed by atoms with E-state index in [0.717, 1.165) is 17.0 Å². The maximum Gasteiger partial charge on any atom is 0.337 e. The topological polar surface area (TPSA) is 58.6 Å². The second-order valence-electron chi connectivity index (χ2n) is 7.88. The number of aromatic carboxylic acids is 1. The summed E-state index contributed by atoms with van der Waals surface area (Å²) >= 11 is 0. The molecule has 1 aliphatic heterocycles. The number of para-hydroxylation sites is 2. The number of carbonyl (C=O) groups is 1. The number of nitrogens with one attached hydrogen (secondary N) is 1. The smallest absolute Gasteiger partial charge is 0.337 e. The molecule has 4 heteroatoms. The van der Waals surface area contributed by atoms with Crippen LogP contribution in [0.2, 0.25) is 0 Å². The van der Waals surface area contributed by atoms with Crippen molar-refractivity contribution in [3.05, 3.63) is 59.2 Å². The van der Waals surface area contributed by atoms with Crippen LogP contribution >= 0.6 is 0 Å². The highest BCUT2D eigenvalue weighted by atomic mass is 16.5. The Morgan fingerprint density at radius 3 is 2.65 bits per heavy atom. The fourth-order valence-electron chi connectivity index (χ4n) is 5.92. The van der Waals surface area contributed by atoms with Gasteiger partial charge in [-0.05, 0) is 60.6 Å². The standard InChI is InChI=1S/C22H23NO3/c1-26-17-8-3-2-5-14(17)21-19-13-10-9-12(11-13)18(19)15-6-4-7-16(22(24)25)20(15)23-21/h2-8,12-13,18-19,21,23H,9-11H2,1H3,(H,24,25)/t12-,13-,18+,19-,21+/m0/s1. The van der Waals surface area contributed by atoms with E-state index in [1.165, 1.54) is 24.8 Å². The largest absolute Gasteiger partial charge is 0.496 e. The van der Waals surface area contributed by atoms with Crippen LogP contribution in [0.1, 0.15) is 52.7 Å². The monoisotopic (exact) mass is 349 g/mol. The lowest BCUT2D eigenvalue weighted by Crippen LogP contribution is -2.36. The molecule has 26 heavy (non-hydrogen) atoms. The Morgan fingerprint density at radius 1 is 1.08 bits per heavy atom. The highest BCUT2D eigenvalue weighted by Gasteiger charge is 2.54. The molecule has 2 bridgehead atoms. The van der Waals surface area contributed by atoms with Crippen LogP contribution in [-0.4, -0.2) is 18.2 Å². The number of hydrogen-bond acceptors (Lipinski definition) is 3. The van der Waals surface area contributed by atoms with Crippen molar-refractivity contribution in [1.29, 1.82) is 0 Å². The lowest BCUT2D eigenvalue weighted by molar-refractivity contribution is 0.0697. The molecule has 1 heterocycles. The second-order valence-corrected chi connectivity index (χ2v) is 7.88. The van der Waals surface area contributed by atoms with Gasteiger partial charge in [-0.2, -0.15) is 0 Å². The fourth-order valence-corrected chi connectivity index (χ4v) is 5.92. The molecular weight excluding hydrogens is 326 g/mol. The van der Waals surface area contributed by atoms with Gasteiger partial charge in [0.1, 0.15) is 5.75 Å². The summed E-state index contributed by atoms with van der Waals surface area (Å²) in [4.78, 5) is 11.8. The third-order valence-corrected chi connectivity index (χ3v) is 6.83. The van der Waals surface area contributed by atoms with Gasteiger partial charge in [0.15, 0.2) is 0 Å². The van der Waals surface area contributed by atoms with Crippen molar-refractivity contribution in [2.75, 3.05) is 12.4 Å². The van der Waals surface area contributed by atoms with Gasteiger partial charge in [-0.3, -0.25) is 0 Å². The van der Waals surface area contributed by atoms with Crippen molar-refractivity contribution < 1.29 is 14.6 Å². The molecule has 2 aromatic rings. The number of rotatable bonds is 3. The zero-order valence-electron chi connectivity index (χ0n) is 14.8. The maximum atomic E-state index is 11.8. The van der Waals surface area contributed by atoms with E-state index in [0.29, 0.717) is 29.2 Å². The Morgan fingerprint density at radius 2 is 1.85 bits per heavy atom. The van der Waals surface area contributed by atoms with E-state index in [2.05, 4.69) is 17.4 Å². The SMILES string of the molecule is COc1ccccc1[C@H]1Nc2c(C(=O)O)cccc2[C@H]2[C@H]3CC[C@@H](C3)[C@@H]21. The number of anilines is 1. The molecule has 3 aliphatic rings. The minimum atomic E-state index is -0.866. The quantitative estimate of drug-likeness (QED) is 0.844. The van der Waals surface area contributed by atoms with Crippen molar-refractivity contribution in [3.8, 4) is 5.75 Å². The van der Waals surface area contributed by atoms with Crippen LogP contribution in [0.4, 0.5) is 5.69 Å². The highest BCUT2D eigenvalue weighted by Crippen LogP contribution is 2.64. The summed E-state index contributed by atoms with van der Waals surface area (Å²) < 4.78 is 5.64. The summed E-state index contributed by atoms with van der Waals surface area (Å²) in [6.07, 6.45) is 3.81. The summed E-state index contributed by atoms with van der Waals surface area (Å²) in [6.45, 7) is 0. The van der Waals surface area contributed by atoms with Crippen LogP contribution in [0.15, 0.2) is 42.5 Å². The first-order chi connectivity index (χ1) is 12.7. The van der Waals surface area contributed by atoms with E-state index in [4.69, 9.17) is 4.74 Å². The van der Waals surface area contributed by atoms with E-state index in [1.54, 1.807) is 13.2 Å². The van der Waals surface area contributed by atoms with Gasteiger partial charge in [0.05, 0.1) is 24.4 Å². The van der Waals surface area contributed by atoms with Crippen LogP contribution < -0.4 is 10.1 Å². The number of methoxy groups -OCH3 is 1. The predicted molar refractivity (Wildman–Crippen MR) is 99.8 cm³/mol. The van der Waals surface area contributed by atoms with Crippen LogP contribution in [0.25, 0.3) is 0 Å². The molecule has 5 atom stereocenters. The highest BCUT2D eigenvalue weighted by molar-refractivity contribution is 5.95. The Kier molecular flexibility index (Phi) is 3.49. The van der Waals surface area contributed by atoms with E-state index in [-0.39, 0.29) is 6.04 Å². The maximum absolute atomic E-state index is 11.8. The van der Waals surface area contributed by atoms with E-state index in [9.17, 15) is 9.90 Å². The van der Waals surface area contributed by atoms with Gasteiger partial charge in [-0.15, -0.1) is 0 Å². The summed E-state index contributed by atoms with van der Waals surface area (Å²) in [7, 11) is 1.70. The lowest BCUT2D eigenvalue weighted by Gasteiger charge is -2.44. The van der Waals surface area contributed by atoms with Crippen molar-refractivity contribution in [2.45, 2.75) is 31.2 Å². The third-order valence-electron chi connectivity index (χ3n) is 6.83. The molecule has 134 valence electrons. The van der Waals surface area contributed by atoms with Crippen molar-refractivity contribution >= 4 is 11.7 Å². The molecule has 0 amide bonds. The Balaban J connectivity index is 1.69. The molecule has 0 saturated heterocycles. The van der Waals surface area contributed by atoms with Crippen LogP contribution in [0.5, 0.6) is 5.75 Å². The molecule has 0 spiro atoms. The Labute approximate surface area is 153 Å². The number of benzene rings is 2. The van der Waals surface area contributed by atoms with Gasteiger partial charge < -0.3 is 15.2 Å². The molecule has 2 aliphatic carbocycles. The average Bonchev–Trinajstić information content (AvgIpc) is 3.29. The Hall–Kier alpha value is -2.49. The van der Waals surface area contributed by atoms with Gasteiger partial charge in [0.2, 0.25) is 0 Å². The summed E-state index contributed by atoms with van der Waals surface area (Å²) in [5.74, 6) is 2.33. The molecule has 2 saturated carbocycles. The zero-order valence-corrected chi connectivity index (χ0v) is 14.8. The third kappa shape index (κ3) is 2.11.